The van der Waals surface area contributed by atoms with E-state index in [9.17, 15) is 23.9 Å². The third-order valence-corrected chi connectivity index (χ3v) is 4.70. The first-order valence-electron chi connectivity index (χ1n) is 7.93. The quantitative estimate of drug-likeness (QED) is 0.521. The molecule has 8 heteroatoms. The molecule has 26 heavy (non-hydrogen) atoms. The standard InChI is InChI=1S/C18H20NO6P/c20-17(21)11-19-18(22)16(12-26(23,24)25)10-13-6-8-15(9-7-13)14-4-2-1-3-5-14/h1-9,16H,10-12H2,(H,19,22)(H,20,21)(H2,23,24,25). The van der Waals surface area contributed by atoms with Crippen molar-refractivity contribution in [1.29, 1.82) is 0 Å². The second-order valence-electron chi connectivity index (χ2n) is 5.92. The summed E-state index contributed by atoms with van der Waals surface area (Å²) in [6, 6.07) is 17.0. The van der Waals surface area contributed by atoms with Crippen molar-refractivity contribution in [3.05, 3.63) is 60.2 Å². The van der Waals surface area contributed by atoms with E-state index in [1.807, 2.05) is 42.5 Å². The van der Waals surface area contributed by atoms with E-state index in [1.54, 1.807) is 12.1 Å². The topological polar surface area (TPSA) is 124 Å². The van der Waals surface area contributed by atoms with Gasteiger partial charge in [-0.15, -0.1) is 0 Å². The lowest BCUT2D eigenvalue weighted by Gasteiger charge is -2.17. The van der Waals surface area contributed by atoms with Crippen LogP contribution in [0.1, 0.15) is 5.56 Å². The highest BCUT2D eigenvalue weighted by Crippen LogP contribution is 2.38. The molecule has 0 spiro atoms. The van der Waals surface area contributed by atoms with Gasteiger partial charge in [0.05, 0.1) is 12.1 Å². The minimum Gasteiger partial charge on any atom is -0.480 e. The van der Waals surface area contributed by atoms with Crippen LogP contribution in [0.5, 0.6) is 0 Å². The maximum Gasteiger partial charge on any atom is 0.326 e. The van der Waals surface area contributed by atoms with Crippen molar-refractivity contribution in [2.24, 2.45) is 5.92 Å². The maximum atomic E-state index is 12.1. The Morgan fingerprint density at radius 1 is 0.962 bits per heavy atom. The number of carbonyl (C=O) groups excluding carboxylic acids is 1. The highest BCUT2D eigenvalue weighted by Gasteiger charge is 2.28. The molecule has 0 aliphatic carbocycles. The molecular weight excluding hydrogens is 357 g/mol. The van der Waals surface area contributed by atoms with Gasteiger partial charge >= 0.3 is 13.6 Å². The number of rotatable bonds is 8. The Balaban J connectivity index is 2.12. The second-order valence-corrected chi connectivity index (χ2v) is 7.62. The summed E-state index contributed by atoms with van der Waals surface area (Å²) < 4.78 is 11.3. The number of amides is 1. The molecule has 0 aliphatic heterocycles. The zero-order chi connectivity index (χ0) is 19.2. The predicted molar refractivity (Wildman–Crippen MR) is 96.6 cm³/mol. The fourth-order valence-electron chi connectivity index (χ4n) is 2.58. The second kappa shape index (κ2) is 8.76. The Hall–Kier alpha value is -2.47. The van der Waals surface area contributed by atoms with Gasteiger partial charge in [-0.1, -0.05) is 54.6 Å². The highest BCUT2D eigenvalue weighted by atomic mass is 31.2. The lowest BCUT2D eigenvalue weighted by atomic mass is 9.97. The molecule has 7 nitrogen and oxygen atoms in total. The summed E-state index contributed by atoms with van der Waals surface area (Å²) in [7, 11) is -4.43. The van der Waals surface area contributed by atoms with Crippen LogP contribution in [0.15, 0.2) is 54.6 Å². The van der Waals surface area contributed by atoms with Gasteiger partial charge in [0.2, 0.25) is 5.91 Å². The lowest BCUT2D eigenvalue weighted by molar-refractivity contribution is -0.138. The van der Waals surface area contributed by atoms with Gasteiger partial charge in [0.15, 0.2) is 0 Å². The average molecular weight is 377 g/mol. The zero-order valence-electron chi connectivity index (χ0n) is 13.9. The van der Waals surface area contributed by atoms with Gasteiger partial charge in [-0.05, 0) is 23.1 Å². The van der Waals surface area contributed by atoms with Gasteiger partial charge in [0.1, 0.15) is 6.54 Å². The van der Waals surface area contributed by atoms with Gasteiger partial charge in [-0.25, -0.2) is 0 Å². The van der Waals surface area contributed by atoms with Crippen molar-refractivity contribution >= 4 is 19.5 Å². The smallest absolute Gasteiger partial charge is 0.326 e. The van der Waals surface area contributed by atoms with Crippen LogP contribution in [0.3, 0.4) is 0 Å². The van der Waals surface area contributed by atoms with Crippen molar-refractivity contribution in [3.8, 4) is 11.1 Å². The first kappa shape index (κ1) is 19.8. The molecule has 0 saturated carbocycles. The number of hydrogen-bond acceptors (Lipinski definition) is 3. The molecule has 138 valence electrons. The summed E-state index contributed by atoms with van der Waals surface area (Å²) in [5, 5.41) is 10.8. The molecule has 4 N–H and O–H groups in total. The summed E-state index contributed by atoms with van der Waals surface area (Å²) in [6.07, 6.45) is -0.537. The van der Waals surface area contributed by atoms with Gasteiger partial charge in [-0.2, -0.15) is 0 Å². The highest BCUT2D eigenvalue weighted by molar-refractivity contribution is 7.51. The lowest BCUT2D eigenvalue weighted by Crippen LogP contribution is -2.37. The van der Waals surface area contributed by atoms with E-state index < -0.39 is 38.1 Å². The van der Waals surface area contributed by atoms with Gasteiger partial charge < -0.3 is 20.2 Å². The Kier molecular flexibility index (Phi) is 6.69. The van der Waals surface area contributed by atoms with E-state index in [4.69, 9.17) is 5.11 Å². The third kappa shape index (κ3) is 6.44. The molecule has 2 aromatic carbocycles. The summed E-state index contributed by atoms with van der Waals surface area (Å²) >= 11 is 0. The summed E-state index contributed by atoms with van der Waals surface area (Å²) in [5.41, 5.74) is 2.75. The fourth-order valence-corrected chi connectivity index (χ4v) is 3.45. The number of hydrogen-bond donors (Lipinski definition) is 4. The third-order valence-electron chi connectivity index (χ3n) is 3.79. The number of carboxylic acids is 1. The van der Waals surface area contributed by atoms with Gasteiger partial charge in [0.25, 0.3) is 0 Å². The Morgan fingerprint density at radius 2 is 1.54 bits per heavy atom. The molecular formula is C18H20NO6P. The molecule has 0 radical (unpaired) electrons. The maximum absolute atomic E-state index is 12.1. The van der Waals surface area contributed by atoms with Crippen molar-refractivity contribution in [1.82, 2.24) is 5.32 Å². The van der Waals surface area contributed by atoms with Crippen LogP contribution < -0.4 is 5.32 Å². The number of carboxylic acid groups (broad SMARTS) is 1. The first-order valence-corrected chi connectivity index (χ1v) is 9.73. The Morgan fingerprint density at radius 3 is 2.08 bits per heavy atom. The number of carbonyl (C=O) groups is 2. The van der Waals surface area contributed by atoms with Crippen LogP contribution in [0, 0.1) is 5.92 Å². The number of benzene rings is 2. The molecule has 1 unspecified atom stereocenters. The zero-order valence-corrected chi connectivity index (χ0v) is 14.8. The largest absolute Gasteiger partial charge is 0.480 e. The Labute approximate surface area is 150 Å². The van der Waals surface area contributed by atoms with Crippen LogP contribution in [0.4, 0.5) is 0 Å². The van der Waals surface area contributed by atoms with Gasteiger partial charge in [-0.3, -0.25) is 14.2 Å². The summed E-state index contributed by atoms with van der Waals surface area (Å²) in [5.74, 6) is -2.93. The van der Waals surface area contributed by atoms with E-state index in [0.717, 1.165) is 16.7 Å². The van der Waals surface area contributed by atoms with E-state index in [0.29, 0.717) is 0 Å². The Bertz CT molecular complexity index is 800. The molecule has 0 saturated heterocycles. The molecule has 2 aromatic rings. The SMILES string of the molecule is O=C(O)CNC(=O)C(Cc1ccc(-c2ccccc2)cc1)CP(=O)(O)O. The van der Waals surface area contributed by atoms with E-state index in [-0.39, 0.29) is 6.42 Å². The number of aliphatic carboxylic acids is 1. The molecule has 1 atom stereocenters. The minimum atomic E-state index is -4.43. The average Bonchev–Trinajstić information content (AvgIpc) is 2.59. The fraction of sp³-hybridized carbons (Fsp3) is 0.222. The molecule has 0 heterocycles. The van der Waals surface area contributed by atoms with E-state index >= 15 is 0 Å². The molecule has 0 aromatic heterocycles. The van der Waals surface area contributed by atoms with Crippen molar-refractivity contribution in [2.75, 3.05) is 12.7 Å². The van der Waals surface area contributed by atoms with E-state index in [2.05, 4.69) is 5.32 Å². The first-order chi connectivity index (χ1) is 12.2. The van der Waals surface area contributed by atoms with Gasteiger partial charge in [0, 0.05) is 0 Å². The monoisotopic (exact) mass is 377 g/mol. The minimum absolute atomic E-state index is 0.103. The number of nitrogens with one attached hydrogen (secondary N) is 1. The predicted octanol–water partition coefficient (Wildman–Crippen LogP) is 1.89. The van der Waals surface area contributed by atoms with Crippen LogP contribution in [0.25, 0.3) is 11.1 Å². The normalized spacial score (nSPS) is 12.4. The van der Waals surface area contributed by atoms with Crippen LogP contribution in [-0.2, 0) is 20.6 Å². The van der Waals surface area contributed by atoms with Crippen molar-refractivity contribution < 1.29 is 29.0 Å². The van der Waals surface area contributed by atoms with Crippen LogP contribution in [-0.4, -0.2) is 39.5 Å². The van der Waals surface area contributed by atoms with Crippen molar-refractivity contribution in [2.45, 2.75) is 6.42 Å². The molecule has 1 amide bonds. The summed E-state index contributed by atoms with van der Waals surface area (Å²) in [6.45, 7) is -0.594. The molecule has 0 aliphatic rings. The van der Waals surface area contributed by atoms with Crippen LogP contribution in [0.2, 0.25) is 0 Å². The molecule has 0 fully saturated rings. The molecule has 2 rings (SSSR count). The molecule has 0 bridgehead atoms. The van der Waals surface area contributed by atoms with Crippen LogP contribution >= 0.6 is 7.60 Å². The van der Waals surface area contributed by atoms with E-state index in [1.165, 1.54) is 0 Å². The summed E-state index contributed by atoms with van der Waals surface area (Å²) in [4.78, 5) is 41.1. The van der Waals surface area contributed by atoms with Crippen molar-refractivity contribution in [3.63, 3.8) is 0 Å².